The van der Waals surface area contributed by atoms with E-state index in [0.717, 1.165) is 27.7 Å². The van der Waals surface area contributed by atoms with E-state index in [1.807, 2.05) is 40.0 Å². The molecule has 27 heavy (non-hydrogen) atoms. The maximum absolute atomic E-state index is 12.7. The predicted molar refractivity (Wildman–Crippen MR) is 107 cm³/mol. The standard InChI is InChI=1S/C18H24N4O3S2/c1-10-14(27-11(2)19-10)12-9-26-16(20-12)21-15(23)13-7-6-8-22(13)17(24)25-18(3,4)5/h9,13H,6-8H2,1-5H3,(H,20,21,23)/t13-/m1/s1. The molecular weight excluding hydrogens is 384 g/mol. The van der Waals surface area contributed by atoms with Gasteiger partial charge in [0, 0.05) is 11.9 Å². The highest BCUT2D eigenvalue weighted by atomic mass is 32.1. The Kier molecular flexibility index (Phi) is 5.53. The molecule has 1 fully saturated rings. The van der Waals surface area contributed by atoms with Gasteiger partial charge in [-0.05, 0) is 47.5 Å². The molecule has 2 aromatic heterocycles. The number of thiazole rings is 2. The lowest BCUT2D eigenvalue weighted by molar-refractivity contribution is -0.120. The van der Waals surface area contributed by atoms with Crippen LogP contribution in [0.25, 0.3) is 10.6 Å². The van der Waals surface area contributed by atoms with Crippen LogP contribution in [-0.4, -0.2) is 45.1 Å². The van der Waals surface area contributed by atoms with Crippen molar-refractivity contribution in [3.63, 3.8) is 0 Å². The molecule has 1 atom stereocenters. The third-order valence-electron chi connectivity index (χ3n) is 4.05. The van der Waals surface area contributed by atoms with Gasteiger partial charge in [-0.3, -0.25) is 9.69 Å². The van der Waals surface area contributed by atoms with Gasteiger partial charge in [-0.15, -0.1) is 22.7 Å². The summed E-state index contributed by atoms with van der Waals surface area (Å²) < 4.78 is 5.42. The quantitative estimate of drug-likeness (QED) is 0.822. The van der Waals surface area contributed by atoms with Crippen molar-refractivity contribution < 1.29 is 14.3 Å². The third kappa shape index (κ3) is 4.65. The Morgan fingerprint density at radius 3 is 2.67 bits per heavy atom. The molecule has 0 bridgehead atoms. The molecule has 0 saturated carbocycles. The number of aryl methyl sites for hydroxylation is 2. The average molecular weight is 409 g/mol. The van der Waals surface area contributed by atoms with Gasteiger partial charge >= 0.3 is 6.09 Å². The lowest BCUT2D eigenvalue weighted by atomic mass is 10.2. The normalized spacial score (nSPS) is 17.2. The van der Waals surface area contributed by atoms with Crippen molar-refractivity contribution in [2.75, 3.05) is 11.9 Å². The molecule has 0 radical (unpaired) electrons. The van der Waals surface area contributed by atoms with Crippen LogP contribution >= 0.6 is 22.7 Å². The van der Waals surface area contributed by atoms with E-state index in [9.17, 15) is 9.59 Å². The van der Waals surface area contributed by atoms with Crippen LogP contribution in [0.2, 0.25) is 0 Å². The topological polar surface area (TPSA) is 84.4 Å². The number of hydrogen-bond donors (Lipinski definition) is 1. The van der Waals surface area contributed by atoms with Crippen molar-refractivity contribution in [3.8, 4) is 10.6 Å². The van der Waals surface area contributed by atoms with E-state index in [4.69, 9.17) is 4.74 Å². The van der Waals surface area contributed by atoms with Gasteiger partial charge in [0.25, 0.3) is 0 Å². The van der Waals surface area contributed by atoms with Crippen LogP contribution in [0.15, 0.2) is 5.38 Å². The molecule has 0 unspecified atom stereocenters. The summed E-state index contributed by atoms with van der Waals surface area (Å²) in [4.78, 5) is 36.5. The van der Waals surface area contributed by atoms with Gasteiger partial charge in [0.2, 0.25) is 5.91 Å². The molecule has 1 saturated heterocycles. The zero-order valence-electron chi connectivity index (χ0n) is 16.2. The zero-order chi connectivity index (χ0) is 19.8. The number of rotatable bonds is 3. The van der Waals surface area contributed by atoms with Crippen molar-refractivity contribution in [3.05, 3.63) is 16.1 Å². The number of likely N-dealkylation sites (tertiary alicyclic amines) is 1. The molecule has 0 aliphatic carbocycles. The number of nitrogens with one attached hydrogen (secondary N) is 1. The van der Waals surface area contributed by atoms with E-state index >= 15 is 0 Å². The van der Waals surface area contributed by atoms with E-state index in [0.29, 0.717) is 18.1 Å². The fraction of sp³-hybridized carbons (Fsp3) is 0.556. The van der Waals surface area contributed by atoms with Crippen LogP contribution < -0.4 is 5.32 Å². The summed E-state index contributed by atoms with van der Waals surface area (Å²) in [6.07, 6.45) is 0.951. The Hall–Kier alpha value is -2.00. The number of carbonyl (C=O) groups excluding carboxylic acids is 2. The molecule has 2 aromatic rings. The average Bonchev–Trinajstić information content (AvgIpc) is 3.25. The number of nitrogens with zero attached hydrogens (tertiary/aromatic N) is 3. The second kappa shape index (κ2) is 7.55. The minimum atomic E-state index is -0.588. The zero-order valence-corrected chi connectivity index (χ0v) is 17.8. The molecule has 0 spiro atoms. The first-order valence-electron chi connectivity index (χ1n) is 8.84. The number of hydrogen-bond acceptors (Lipinski definition) is 7. The summed E-state index contributed by atoms with van der Waals surface area (Å²) in [6, 6.07) is -0.528. The molecule has 7 nitrogen and oxygen atoms in total. The number of anilines is 1. The highest BCUT2D eigenvalue weighted by molar-refractivity contribution is 7.16. The maximum atomic E-state index is 12.7. The first kappa shape index (κ1) is 19.8. The molecule has 0 aromatic carbocycles. The number of amides is 2. The van der Waals surface area contributed by atoms with Crippen LogP contribution in [-0.2, 0) is 9.53 Å². The van der Waals surface area contributed by atoms with E-state index in [1.165, 1.54) is 16.2 Å². The van der Waals surface area contributed by atoms with E-state index < -0.39 is 17.7 Å². The first-order valence-corrected chi connectivity index (χ1v) is 10.5. The van der Waals surface area contributed by atoms with Crippen LogP contribution in [0, 0.1) is 13.8 Å². The Morgan fingerprint density at radius 1 is 1.30 bits per heavy atom. The van der Waals surface area contributed by atoms with E-state index in [1.54, 1.807) is 11.3 Å². The SMILES string of the molecule is Cc1nc(C)c(-c2csc(NC(=O)[C@H]3CCCN3C(=O)OC(C)(C)C)n2)s1. The van der Waals surface area contributed by atoms with Crippen molar-refractivity contribution in [2.45, 2.75) is 59.1 Å². The predicted octanol–water partition coefficient (Wildman–Crippen LogP) is 4.22. The third-order valence-corrected chi connectivity index (χ3v) is 5.91. The summed E-state index contributed by atoms with van der Waals surface area (Å²) in [5.41, 5.74) is 1.16. The second-order valence-corrected chi connectivity index (χ2v) is 9.57. The van der Waals surface area contributed by atoms with Crippen LogP contribution in [0.4, 0.5) is 9.93 Å². The lowest BCUT2D eigenvalue weighted by Gasteiger charge is -2.27. The van der Waals surface area contributed by atoms with Gasteiger partial charge in [0.1, 0.15) is 11.6 Å². The van der Waals surface area contributed by atoms with Crippen molar-refractivity contribution >= 4 is 39.8 Å². The number of carbonyl (C=O) groups is 2. The van der Waals surface area contributed by atoms with E-state index in [2.05, 4.69) is 15.3 Å². The minimum Gasteiger partial charge on any atom is -0.444 e. The number of aromatic nitrogens is 2. The molecule has 1 N–H and O–H groups in total. The Morgan fingerprint density at radius 2 is 2.04 bits per heavy atom. The maximum Gasteiger partial charge on any atom is 0.410 e. The monoisotopic (exact) mass is 408 g/mol. The van der Waals surface area contributed by atoms with Gasteiger partial charge in [-0.25, -0.2) is 14.8 Å². The molecule has 3 rings (SSSR count). The summed E-state index contributed by atoms with van der Waals surface area (Å²) >= 11 is 2.96. The molecule has 2 amide bonds. The molecule has 1 aliphatic heterocycles. The summed E-state index contributed by atoms with van der Waals surface area (Å²) in [5, 5.41) is 6.27. The Balaban J connectivity index is 1.68. The summed E-state index contributed by atoms with van der Waals surface area (Å²) in [6.45, 7) is 9.88. The minimum absolute atomic E-state index is 0.225. The summed E-state index contributed by atoms with van der Waals surface area (Å²) in [7, 11) is 0. The Bertz CT molecular complexity index is 853. The largest absolute Gasteiger partial charge is 0.444 e. The molecule has 1 aliphatic rings. The van der Waals surface area contributed by atoms with Crippen molar-refractivity contribution in [2.24, 2.45) is 0 Å². The van der Waals surface area contributed by atoms with Gasteiger partial charge in [0.15, 0.2) is 5.13 Å². The van der Waals surface area contributed by atoms with Gasteiger partial charge in [0.05, 0.1) is 21.3 Å². The molecular formula is C18H24N4O3S2. The van der Waals surface area contributed by atoms with Crippen LogP contribution in [0.1, 0.15) is 44.3 Å². The lowest BCUT2D eigenvalue weighted by Crippen LogP contribution is -2.45. The smallest absolute Gasteiger partial charge is 0.410 e. The summed E-state index contributed by atoms with van der Waals surface area (Å²) in [5.74, 6) is -0.225. The fourth-order valence-electron chi connectivity index (χ4n) is 2.97. The molecule has 146 valence electrons. The second-order valence-electron chi connectivity index (χ2n) is 7.51. The van der Waals surface area contributed by atoms with Crippen LogP contribution in [0.3, 0.4) is 0 Å². The Labute approximate surface area is 166 Å². The fourth-order valence-corrected chi connectivity index (χ4v) is 4.63. The number of ether oxygens (including phenoxy) is 1. The molecule has 9 heteroatoms. The highest BCUT2D eigenvalue weighted by Crippen LogP contribution is 2.32. The van der Waals surface area contributed by atoms with Gasteiger partial charge < -0.3 is 10.1 Å². The van der Waals surface area contributed by atoms with Crippen molar-refractivity contribution in [1.82, 2.24) is 14.9 Å². The van der Waals surface area contributed by atoms with Crippen LogP contribution in [0.5, 0.6) is 0 Å². The highest BCUT2D eigenvalue weighted by Gasteiger charge is 2.36. The van der Waals surface area contributed by atoms with Gasteiger partial charge in [-0.2, -0.15) is 0 Å². The first-order chi connectivity index (χ1) is 12.6. The van der Waals surface area contributed by atoms with Gasteiger partial charge in [-0.1, -0.05) is 0 Å². The molecule has 3 heterocycles. The van der Waals surface area contributed by atoms with Crippen molar-refractivity contribution in [1.29, 1.82) is 0 Å². The van der Waals surface area contributed by atoms with E-state index in [-0.39, 0.29) is 5.91 Å².